The highest BCUT2D eigenvalue weighted by Gasteiger charge is 2.28. The fourth-order valence-electron chi connectivity index (χ4n) is 2.57. The molecule has 1 rings (SSSR count). The molecular weight excluding hydrogens is 196 g/mol. The summed E-state index contributed by atoms with van der Waals surface area (Å²) in [5.41, 5.74) is 0.348. The standard InChI is InChI=1S/C14H30N2/c1-11-7-8-16(9-12(11)2)10-13(15-6)14(3,4)5/h11-13,15H,7-10H2,1-6H3. The minimum absolute atomic E-state index is 0.348. The molecule has 1 heterocycles. The van der Waals surface area contributed by atoms with E-state index in [9.17, 15) is 0 Å². The lowest BCUT2D eigenvalue weighted by atomic mass is 9.84. The van der Waals surface area contributed by atoms with Gasteiger partial charge in [-0.1, -0.05) is 34.6 Å². The number of piperidine rings is 1. The first kappa shape index (κ1) is 14.0. The van der Waals surface area contributed by atoms with Crippen LogP contribution in [0.15, 0.2) is 0 Å². The first-order chi connectivity index (χ1) is 7.34. The van der Waals surface area contributed by atoms with Crippen molar-refractivity contribution in [3.63, 3.8) is 0 Å². The molecule has 2 heteroatoms. The summed E-state index contributed by atoms with van der Waals surface area (Å²) in [5.74, 6) is 1.75. The van der Waals surface area contributed by atoms with Gasteiger partial charge < -0.3 is 10.2 Å². The van der Waals surface area contributed by atoms with Gasteiger partial charge in [0.2, 0.25) is 0 Å². The molecule has 0 aromatic rings. The van der Waals surface area contributed by atoms with Crippen molar-refractivity contribution < 1.29 is 0 Å². The molecule has 0 aromatic heterocycles. The van der Waals surface area contributed by atoms with E-state index in [1.165, 1.54) is 26.1 Å². The molecule has 1 aliphatic rings. The lowest BCUT2D eigenvalue weighted by Gasteiger charge is -2.40. The van der Waals surface area contributed by atoms with E-state index in [2.05, 4.69) is 51.9 Å². The molecule has 0 saturated carbocycles. The van der Waals surface area contributed by atoms with Gasteiger partial charge in [-0.15, -0.1) is 0 Å². The summed E-state index contributed by atoms with van der Waals surface area (Å²) < 4.78 is 0. The molecule has 3 atom stereocenters. The summed E-state index contributed by atoms with van der Waals surface area (Å²) in [7, 11) is 2.09. The quantitative estimate of drug-likeness (QED) is 0.796. The minimum Gasteiger partial charge on any atom is -0.315 e. The Kier molecular flexibility index (Phi) is 4.81. The molecule has 1 N–H and O–H groups in total. The maximum absolute atomic E-state index is 3.47. The first-order valence-corrected chi connectivity index (χ1v) is 6.74. The molecule has 0 aromatic carbocycles. The van der Waals surface area contributed by atoms with Gasteiger partial charge in [0.05, 0.1) is 0 Å². The average Bonchev–Trinajstić information content (AvgIpc) is 2.18. The summed E-state index contributed by atoms with van der Waals surface area (Å²) in [6.07, 6.45) is 1.36. The van der Waals surface area contributed by atoms with E-state index in [0.717, 1.165) is 11.8 Å². The normalized spacial score (nSPS) is 30.4. The summed E-state index contributed by atoms with van der Waals surface area (Å²) in [4.78, 5) is 2.64. The monoisotopic (exact) mass is 226 g/mol. The second-order valence-corrected chi connectivity index (χ2v) is 6.71. The third-order valence-electron chi connectivity index (χ3n) is 4.25. The van der Waals surface area contributed by atoms with Crippen LogP contribution < -0.4 is 5.32 Å². The fourth-order valence-corrected chi connectivity index (χ4v) is 2.57. The molecule has 1 fully saturated rings. The fraction of sp³-hybridized carbons (Fsp3) is 1.00. The number of hydrogen-bond acceptors (Lipinski definition) is 2. The van der Waals surface area contributed by atoms with E-state index in [4.69, 9.17) is 0 Å². The van der Waals surface area contributed by atoms with E-state index in [0.29, 0.717) is 11.5 Å². The van der Waals surface area contributed by atoms with Crippen molar-refractivity contribution >= 4 is 0 Å². The second kappa shape index (κ2) is 5.50. The topological polar surface area (TPSA) is 15.3 Å². The Bertz CT molecular complexity index is 207. The molecule has 96 valence electrons. The number of rotatable bonds is 3. The second-order valence-electron chi connectivity index (χ2n) is 6.71. The van der Waals surface area contributed by atoms with Crippen LogP contribution in [0.5, 0.6) is 0 Å². The summed E-state index contributed by atoms with van der Waals surface area (Å²) in [6, 6.07) is 0.591. The van der Waals surface area contributed by atoms with Crippen molar-refractivity contribution in [3.05, 3.63) is 0 Å². The Morgan fingerprint density at radius 2 is 1.88 bits per heavy atom. The SMILES string of the molecule is CNC(CN1CCC(C)C(C)C1)C(C)(C)C. The highest BCUT2D eigenvalue weighted by Crippen LogP contribution is 2.25. The molecule has 1 saturated heterocycles. The van der Waals surface area contributed by atoms with Crippen LogP contribution in [-0.4, -0.2) is 37.6 Å². The van der Waals surface area contributed by atoms with E-state index in [-0.39, 0.29) is 0 Å². The first-order valence-electron chi connectivity index (χ1n) is 6.74. The Morgan fingerprint density at radius 1 is 1.25 bits per heavy atom. The Labute approximate surface area is 102 Å². The molecule has 2 nitrogen and oxygen atoms in total. The van der Waals surface area contributed by atoms with Gasteiger partial charge in [0.1, 0.15) is 0 Å². The van der Waals surface area contributed by atoms with Gasteiger partial charge in [0.25, 0.3) is 0 Å². The minimum atomic E-state index is 0.348. The smallest absolute Gasteiger partial charge is 0.0240 e. The summed E-state index contributed by atoms with van der Waals surface area (Å²) in [5, 5.41) is 3.47. The number of hydrogen-bond donors (Lipinski definition) is 1. The van der Waals surface area contributed by atoms with Gasteiger partial charge in [-0.25, -0.2) is 0 Å². The molecule has 3 unspecified atom stereocenters. The van der Waals surface area contributed by atoms with Crippen LogP contribution in [0.2, 0.25) is 0 Å². The lowest BCUT2D eigenvalue weighted by molar-refractivity contribution is 0.105. The highest BCUT2D eigenvalue weighted by molar-refractivity contribution is 4.85. The predicted octanol–water partition coefficient (Wildman–Crippen LogP) is 2.60. The van der Waals surface area contributed by atoms with E-state index >= 15 is 0 Å². The maximum Gasteiger partial charge on any atom is 0.0240 e. The zero-order valence-corrected chi connectivity index (χ0v) is 12.0. The van der Waals surface area contributed by atoms with Crippen LogP contribution in [-0.2, 0) is 0 Å². The molecule has 0 spiro atoms. The Balaban J connectivity index is 2.47. The largest absolute Gasteiger partial charge is 0.315 e. The van der Waals surface area contributed by atoms with Gasteiger partial charge in [0, 0.05) is 19.1 Å². The predicted molar refractivity (Wildman–Crippen MR) is 71.7 cm³/mol. The van der Waals surface area contributed by atoms with Crippen LogP contribution in [0.3, 0.4) is 0 Å². The van der Waals surface area contributed by atoms with Crippen LogP contribution in [0.1, 0.15) is 41.0 Å². The Hall–Kier alpha value is -0.0800. The molecule has 0 bridgehead atoms. The van der Waals surface area contributed by atoms with Crippen molar-refractivity contribution in [1.82, 2.24) is 10.2 Å². The third-order valence-corrected chi connectivity index (χ3v) is 4.25. The molecule has 16 heavy (non-hydrogen) atoms. The number of nitrogens with one attached hydrogen (secondary N) is 1. The van der Waals surface area contributed by atoms with Crippen LogP contribution in [0, 0.1) is 17.3 Å². The highest BCUT2D eigenvalue weighted by atomic mass is 15.2. The summed E-state index contributed by atoms with van der Waals surface area (Å²) >= 11 is 0. The van der Waals surface area contributed by atoms with E-state index in [1.54, 1.807) is 0 Å². The summed E-state index contributed by atoms with van der Waals surface area (Å²) in [6.45, 7) is 15.5. The van der Waals surface area contributed by atoms with Crippen LogP contribution >= 0.6 is 0 Å². The average molecular weight is 226 g/mol. The van der Waals surface area contributed by atoms with Gasteiger partial charge in [-0.05, 0) is 37.3 Å². The van der Waals surface area contributed by atoms with Gasteiger partial charge in [0.15, 0.2) is 0 Å². The van der Waals surface area contributed by atoms with Crippen molar-refractivity contribution in [2.24, 2.45) is 17.3 Å². The van der Waals surface area contributed by atoms with Crippen molar-refractivity contribution in [2.75, 3.05) is 26.7 Å². The molecule has 1 aliphatic heterocycles. The molecular formula is C14H30N2. The van der Waals surface area contributed by atoms with E-state index < -0.39 is 0 Å². The van der Waals surface area contributed by atoms with Gasteiger partial charge in [-0.2, -0.15) is 0 Å². The number of likely N-dealkylation sites (N-methyl/N-ethyl adjacent to an activating group) is 1. The third kappa shape index (κ3) is 3.74. The lowest BCUT2D eigenvalue weighted by Crippen LogP contribution is -2.50. The molecule has 0 radical (unpaired) electrons. The maximum atomic E-state index is 3.47. The molecule has 0 aliphatic carbocycles. The van der Waals surface area contributed by atoms with Crippen LogP contribution in [0.4, 0.5) is 0 Å². The van der Waals surface area contributed by atoms with Gasteiger partial charge in [-0.3, -0.25) is 0 Å². The Morgan fingerprint density at radius 3 is 2.31 bits per heavy atom. The zero-order chi connectivity index (χ0) is 12.3. The van der Waals surface area contributed by atoms with Crippen molar-refractivity contribution in [2.45, 2.75) is 47.1 Å². The van der Waals surface area contributed by atoms with Crippen molar-refractivity contribution in [1.29, 1.82) is 0 Å². The van der Waals surface area contributed by atoms with Crippen LogP contribution in [0.25, 0.3) is 0 Å². The van der Waals surface area contributed by atoms with Gasteiger partial charge >= 0.3 is 0 Å². The zero-order valence-electron chi connectivity index (χ0n) is 12.0. The number of likely N-dealkylation sites (tertiary alicyclic amines) is 1. The molecule has 0 amide bonds. The van der Waals surface area contributed by atoms with Crippen molar-refractivity contribution in [3.8, 4) is 0 Å². The number of nitrogens with zero attached hydrogens (tertiary/aromatic N) is 1. The van der Waals surface area contributed by atoms with E-state index in [1.807, 2.05) is 0 Å².